The summed E-state index contributed by atoms with van der Waals surface area (Å²) in [5, 5.41) is 117. The van der Waals surface area contributed by atoms with E-state index in [0.29, 0.717) is 0 Å². The fourth-order valence-electron chi connectivity index (χ4n) is 7.93. The predicted octanol–water partition coefficient (Wildman–Crippen LogP) is 1.44. The minimum Gasteiger partial charge on any atom is -0.481 e. The molecule has 0 spiro atoms. The molecule has 0 aromatic rings. The molecule has 1 aliphatic carbocycles. The van der Waals surface area contributed by atoms with Crippen molar-refractivity contribution < 1.29 is 80.0 Å². The summed E-state index contributed by atoms with van der Waals surface area (Å²) in [4.78, 5) is 37.8. The molecule has 1 aliphatic heterocycles. The number of hydrogen-bond acceptors (Lipinski definition) is 16. The number of esters is 1. The number of Topliss-reactive ketones (excluding diaryl/α,β-unsaturated/α-hetero) is 1. The molecule has 17 heteroatoms. The minimum absolute atomic E-state index is 0.135. The molecule has 65 heavy (non-hydrogen) atoms. The standard InChI is InChI=1S/C48H77NO16/c1-28-17-15-13-11-9-7-5-6-8-10-12-14-16-18-36(65-41-21-29(2)46(60)44(49)47(41)61)27-40(57)43(48(62)63)39(56)25-35(53)24-38(55)37(54)20-19-32(50)22-33(51)23-34(52)26-42(58)64-31(4)30(3)45(28)59/h5-6,8,10-18,28-34,36-41,43-47,50-52,54-57,59-61H,7,9,19-27,49H2,1-4H3,(H,62,63)/b6-5+,10-8+,13-11+,14-12+,17-15+,18-16+/t28?,29-,30?,31?,32?,33?,34?,36?,37?,38?,39?,40?,41+,43?,44-,45?,46+,47+/m0/s1. The molecular weight excluding hydrogens is 847 g/mol. The van der Waals surface area contributed by atoms with Crippen LogP contribution in [0.2, 0.25) is 0 Å². The minimum atomic E-state index is -1.92. The van der Waals surface area contributed by atoms with Gasteiger partial charge in [-0.05, 0) is 57.8 Å². The lowest BCUT2D eigenvalue weighted by Crippen LogP contribution is -2.58. The lowest BCUT2D eigenvalue weighted by atomic mass is 9.80. The van der Waals surface area contributed by atoms with Gasteiger partial charge in [-0.1, -0.05) is 93.7 Å². The molecule has 13 N–H and O–H groups in total. The van der Waals surface area contributed by atoms with Crippen LogP contribution in [0.25, 0.3) is 0 Å². The number of carbonyl (C=O) groups excluding carboxylic acids is 2. The first-order valence-electron chi connectivity index (χ1n) is 22.8. The Morgan fingerprint density at radius 3 is 1.83 bits per heavy atom. The van der Waals surface area contributed by atoms with E-state index in [1.165, 1.54) is 6.08 Å². The van der Waals surface area contributed by atoms with E-state index in [2.05, 4.69) is 0 Å². The van der Waals surface area contributed by atoms with Crippen LogP contribution in [0.3, 0.4) is 0 Å². The highest BCUT2D eigenvalue weighted by molar-refractivity contribution is 5.81. The molecule has 0 aromatic heterocycles. The van der Waals surface area contributed by atoms with Crippen molar-refractivity contribution in [1.29, 1.82) is 0 Å². The van der Waals surface area contributed by atoms with Crippen molar-refractivity contribution in [2.75, 3.05) is 0 Å². The SMILES string of the molecule is CC1/C=C/C=C/CC/C=C/C=C/C=C/C=C/C(O[C@@H]2C[C@H](C)[C@@H](O)[C@H](N)[C@@H]2O)CC(O)C(C(=O)O)C(O)CC(=O)CC(O)C(O)CCC(O)CC(O)CC(O)CC(=O)OC(C)C(C)C1O. The van der Waals surface area contributed by atoms with Gasteiger partial charge in [0.05, 0.1) is 85.7 Å². The second-order valence-corrected chi connectivity index (χ2v) is 17.9. The number of rotatable bonds is 3. The molecule has 18 atom stereocenters. The lowest BCUT2D eigenvalue weighted by molar-refractivity contribution is -0.157. The Morgan fingerprint density at radius 1 is 0.615 bits per heavy atom. The number of aliphatic hydroxyl groups is 10. The summed E-state index contributed by atoms with van der Waals surface area (Å²) in [6.45, 7) is 6.97. The second kappa shape index (κ2) is 30.1. The van der Waals surface area contributed by atoms with E-state index in [0.717, 1.165) is 12.8 Å². The van der Waals surface area contributed by atoms with Crippen LogP contribution in [0, 0.1) is 23.7 Å². The maximum Gasteiger partial charge on any atom is 0.311 e. The Kier molecular flexibility index (Phi) is 26.7. The third-order valence-corrected chi connectivity index (χ3v) is 12.2. The maximum atomic E-state index is 12.9. The molecule has 1 saturated carbocycles. The Labute approximate surface area is 383 Å². The predicted molar refractivity (Wildman–Crippen MR) is 242 cm³/mol. The Morgan fingerprint density at radius 2 is 1.18 bits per heavy atom. The number of nitrogens with two attached hydrogens (primary N) is 1. The van der Waals surface area contributed by atoms with Gasteiger partial charge in [-0.2, -0.15) is 0 Å². The van der Waals surface area contributed by atoms with Crippen molar-refractivity contribution in [3.8, 4) is 0 Å². The number of ether oxygens (including phenoxy) is 2. The van der Waals surface area contributed by atoms with E-state index in [1.807, 2.05) is 49.5 Å². The molecular formula is C48H77NO16. The zero-order valence-corrected chi connectivity index (χ0v) is 38.1. The number of aliphatic carboxylic acids is 1. The first-order valence-corrected chi connectivity index (χ1v) is 22.8. The van der Waals surface area contributed by atoms with Crippen LogP contribution in [0.15, 0.2) is 72.9 Å². The number of allylic oxidation sites excluding steroid dienone is 10. The zero-order valence-electron chi connectivity index (χ0n) is 38.1. The van der Waals surface area contributed by atoms with E-state index in [9.17, 15) is 70.6 Å². The van der Waals surface area contributed by atoms with Crippen LogP contribution in [-0.2, 0) is 23.9 Å². The quantitative estimate of drug-likeness (QED) is 0.178. The monoisotopic (exact) mass is 924 g/mol. The van der Waals surface area contributed by atoms with Gasteiger partial charge in [0.25, 0.3) is 0 Å². The van der Waals surface area contributed by atoms with Crippen LogP contribution in [0.4, 0.5) is 0 Å². The molecule has 0 saturated heterocycles. The first kappa shape index (κ1) is 57.7. The molecule has 2 aliphatic rings. The van der Waals surface area contributed by atoms with Crippen LogP contribution < -0.4 is 5.73 Å². The smallest absolute Gasteiger partial charge is 0.311 e. The molecule has 0 radical (unpaired) electrons. The van der Waals surface area contributed by atoms with Gasteiger partial charge in [0.15, 0.2) is 0 Å². The van der Waals surface area contributed by atoms with Gasteiger partial charge < -0.3 is 71.4 Å². The normalized spacial score (nSPS) is 42.5. The molecule has 1 fully saturated rings. The van der Waals surface area contributed by atoms with Gasteiger partial charge in [0.1, 0.15) is 17.8 Å². The van der Waals surface area contributed by atoms with Crippen LogP contribution in [0.1, 0.15) is 98.3 Å². The molecule has 13 unspecified atom stereocenters. The molecule has 0 bridgehead atoms. The highest BCUT2D eigenvalue weighted by atomic mass is 16.5. The molecule has 17 nitrogen and oxygen atoms in total. The average molecular weight is 924 g/mol. The van der Waals surface area contributed by atoms with E-state index >= 15 is 0 Å². The summed E-state index contributed by atoms with van der Waals surface area (Å²) in [5.74, 6) is -6.13. The molecule has 1 heterocycles. The van der Waals surface area contributed by atoms with Gasteiger partial charge >= 0.3 is 11.9 Å². The average Bonchev–Trinajstić information content (AvgIpc) is 3.22. The third-order valence-electron chi connectivity index (χ3n) is 12.2. The van der Waals surface area contributed by atoms with Gasteiger partial charge in [0.2, 0.25) is 0 Å². The number of aliphatic hydroxyl groups excluding tert-OH is 10. The van der Waals surface area contributed by atoms with Crippen LogP contribution >= 0.6 is 0 Å². The fourth-order valence-corrected chi connectivity index (χ4v) is 7.93. The van der Waals surface area contributed by atoms with Gasteiger partial charge in [0, 0.05) is 31.1 Å². The van der Waals surface area contributed by atoms with Crippen molar-refractivity contribution in [3.05, 3.63) is 72.9 Å². The van der Waals surface area contributed by atoms with E-state index in [1.54, 1.807) is 45.1 Å². The van der Waals surface area contributed by atoms with Crippen LogP contribution in [0.5, 0.6) is 0 Å². The van der Waals surface area contributed by atoms with Gasteiger partial charge in [-0.25, -0.2) is 0 Å². The summed E-state index contributed by atoms with van der Waals surface area (Å²) in [7, 11) is 0. The third kappa shape index (κ3) is 21.4. The number of cyclic esters (lactones) is 1. The summed E-state index contributed by atoms with van der Waals surface area (Å²) < 4.78 is 11.6. The first-order chi connectivity index (χ1) is 30.6. The number of carboxylic acids is 1. The fraction of sp³-hybridized carbons (Fsp3) is 0.688. The largest absolute Gasteiger partial charge is 0.481 e. The van der Waals surface area contributed by atoms with Gasteiger partial charge in [-0.3, -0.25) is 14.4 Å². The Balaban J connectivity index is 2.26. The second-order valence-electron chi connectivity index (χ2n) is 17.9. The topological polar surface area (TPSA) is 318 Å². The summed E-state index contributed by atoms with van der Waals surface area (Å²) in [6.07, 6.45) is 3.60. The molecule has 2 rings (SSSR count). The van der Waals surface area contributed by atoms with E-state index in [4.69, 9.17) is 15.2 Å². The van der Waals surface area contributed by atoms with Crippen molar-refractivity contribution in [2.24, 2.45) is 29.4 Å². The molecule has 370 valence electrons. The summed E-state index contributed by atoms with van der Waals surface area (Å²) >= 11 is 0. The number of hydrogen-bond donors (Lipinski definition) is 12. The molecule has 0 aromatic carbocycles. The van der Waals surface area contributed by atoms with Crippen molar-refractivity contribution >= 4 is 17.7 Å². The van der Waals surface area contributed by atoms with E-state index in [-0.39, 0.29) is 43.9 Å². The Bertz CT molecular complexity index is 1600. The summed E-state index contributed by atoms with van der Waals surface area (Å²) in [6, 6.07) is -1.03. The highest BCUT2D eigenvalue weighted by Gasteiger charge is 2.42. The van der Waals surface area contributed by atoms with E-state index < -0.39 is 141 Å². The highest BCUT2D eigenvalue weighted by Crippen LogP contribution is 2.30. The number of carboxylic acid groups (broad SMARTS) is 1. The van der Waals surface area contributed by atoms with Crippen LogP contribution in [-0.4, -0.2) is 159 Å². The lowest BCUT2D eigenvalue weighted by Gasteiger charge is -2.41. The molecule has 0 amide bonds. The van der Waals surface area contributed by atoms with Crippen molar-refractivity contribution in [2.45, 2.75) is 184 Å². The number of ketones is 1. The maximum absolute atomic E-state index is 12.9. The number of carbonyl (C=O) groups is 3. The van der Waals surface area contributed by atoms with Crippen molar-refractivity contribution in [3.63, 3.8) is 0 Å². The zero-order chi connectivity index (χ0) is 48.8. The Hall–Kier alpha value is -3.43. The summed E-state index contributed by atoms with van der Waals surface area (Å²) in [5.41, 5.74) is 6.04. The van der Waals surface area contributed by atoms with Gasteiger partial charge in [-0.15, -0.1) is 0 Å². The van der Waals surface area contributed by atoms with Crippen molar-refractivity contribution in [1.82, 2.24) is 0 Å².